The number of ether oxygens (including phenoxy) is 1. The number of rotatable bonds is 8. The molecule has 0 bridgehead atoms. The van der Waals surface area contributed by atoms with E-state index >= 15 is 0 Å². The lowest BCUT2D eigenvalue weighted by Crippen LogP contribution is -2.38. The van der Waals surface area contributed by atoms with E-state index in [0.29, 0.717) is 30.2 Å². The van der Waals surface area contributed by atoms with Gasteiger partial charge in [-0.3, -0.25) is 14.2 Å². The van der Waals surface area contributed by atoms with Gasteiger partial charge in [0.15, 0.2) is 11.9 Å². The second-order valence-electron chi connectivity index (χ2n) is 6.52. The molecule has 0 aromatic heterocycles. The number of fused-ring (bicyclic) bond motifs is 1. The Labute approximate surface area is 169 Å². The number of Topliss-reactive ketones (excluding diaryl/α,β-unsaturated/α-hetero) is 1. The molecule has 1 aliphatic rings. The Kier molecular flexibility index (Phi) is 6.85. The fourth-order valence-corrected chi connectivity index (χ4v) is 4.78. The van der Waals surface area contributed by atoms with Gasteiger partial charge in [0.05, 0.1) is 31.4 Å². The van der Waals surface area contributed by atoms with Crippen LogP contribution in [-0.4, -0.2) is 31.0 Å². The topological polar surface area (TPSA) is 90.9 Å². The quantitative estimate of drug-likeness (QED) is 0.639. The molecule has 0 fully saturated rings. The predicted molar refractivity (Wildman–Crippen MR) is 109 cm³/mol. The van der Waals surface area contributed by atoms with E-state index in [4.69, 9.17) is 13.8 Å². The molecule has 1 unspecified atom stereocenters. The van der Waals surface area contributed by atoms with Crippen molar-refractivity contribution in [3.63, 3.8) is 0 Å². The average Bonchev–Trinajstić information content (AvgIpc) is 2.69. The molecule has 1 N–H and O–H groups in total. The molecule has 8 heteroatoms. The monoisotopic (exact) mass is 417 g/mol. The summed E-state index contributed by atoms with van der Waals surface area (Å²) in [6.07, 6.45) is -0.736. The Hall–Kier alpha value is -2.47. The number of carbonyl (C=O) groups excluding carboxylic acids is 2. The highest BCUT2D eigenvalue weighted by atomic mass is 31.2. The van der Waals surface area contributed by atoms with Crippen LogP contribution in [0.3, 0.4) is 0 Å². The van der Waals surface area contributed by atoms with Crippen LogP contribution in [0, 0.1) is 0 Å². The third-order valence-corrected chi connectivity index (χ3v) is 6.42. The van der Waals surface area contributed by atoms with Crippen LogP contribution in [0.4, 0.5) is 5.69 Å². The molecule has 3 rings (SSSR count). The van der Waals surface area contributed by atoms with Crippen molar-refractivity contribution in [2.75, 3.05) is 18.5 Å². The molecule has 1 atom stereocenters. The van der Waals surface area contributed by atoms with E-state index < -0.39 is 19.6 Å². The summed E-state index contributed by atoms with van der Waals surface area (Å²) in [5, 5.41) is 2.76. The summed E-state index contributed by atoms with van der Waals surface area (Å²) in [6.45, 7) is 4.13. The molecular formula is C21H24NO6P. The van der Waals surface area contributed by atoms with Gasteiger partial charge in [0.25, 0.3) is 5.91 Å². The van der Waals surface area contributed by atoms with Crippen molar-refractivity contribution in [3.8, 4) is 5.75 Å². The highest BCUT2D eigenvalue weighted by Gasteiger charge is 2.31. The molecular weight excluding hydrogens is 393 g/mol. The van der Waals surface area contributed by atoms with Crippen molar-refractivity contribution in [1.82, 2.24) is 0 Å². The summed E-state index contributed by atoms with van der Waals surface area (Å²) in [5.74, 6) is -0.0956. The third-order valence-electron chi connectivity index (χ3n) is 4.37. The fourth-order valence-electron chi connectivity index (χ4n) is 3.08. The van der Waals surface area contributed by atoms with Gasteiger partial charge in [0.2, 0.25) is 0 Å². The minimum atomic E-state index is -3.19. The first-order valence-electron chi connectivity index (χ1n) is 9.51. The maximum Gasteiger partial charge on any atom is 0.335 e. The van der Waals surface area contributed by atoms with Crippen LogP contribution in [0.1, 0.15) is 36.2 Å². The van der Waals surface area contributed by atoms with Crippen molar-refractivity contribution in [2.45, 2.75) is 32.5 Å². The van der Waals surface area contributed by atoms with E-state index in [1.165, 1.54) is 0 Å². The van der Waals surface area contributed by atoms with Crippen LogP contribution in [-0.2, 0) is 24.6 Å². The zero-order valence-electron chi connectivity index (χ0n) is 16.4. The van der Waals surface area contributed by atoms with Crippen LogP contribution in [0.2, 0.25) is 0 Å². The summed E-state index contributed by atoms with van der Waals surface area (Å²) in [6, 6.07) is 13.8. The van der Waals surface area contributed by atoms with Gasteiger partial charge < -0.3 is 19.1 Å². The second-order valence-corrected chi connectivity index (χ2v) is 8.58. The molecule has 1 aliphatic heterocycles. The number of anilines is 1. The van der Waals surface area contributed by atoms with E-state index in [9.17, 15) is 14.2 Å². The summed E-state index contributed by atoms with van der Waals surface area (Å²) in [4.78, 5) is 24.8. The minimum absolute atomic E-state index is 0.00712. The Morgan fingerprint density at radius 1 is 1.10 bits per heavy atom. The average molecular weight is 417 g/mol. The molecule has 2 aromatic rings. The Balaban J connectivity index is 1.63. The number of carbonyl (C=O) groups is 2. The van der Waals surface area contributed by atoms with Crippen LogP contribution < -0.4 is 10.1 Å². The van der Waals surface area contributed by atoms with Crippen LogP contribution >= 0.6 is 7.60 Å². The summed E-state index contributed by atoms with van der Waals surface area (Å²) in [7, 11) is -3.19. The summed E-state index contributed by atoms with van der Waals surface area (Å²) in [5.41, 5.74) is 1.82. The molecule has 1 amide bonds. The first-order valence-corrected chi connectivity index (χ1v) is 11.2. The number of hydrogen-bond acceptors (Lipinski definition) is 6. The lowest BCUT2D eigenvalue weighted by Gasteiger charge is -2.24. The van der Waals surface area contributed by atoms with Gasteiger partial charge in [0, 0.05) is 5.69 Å². The number of nitrogens with one attached hydrogen (secondary N) is 1. The number of para-hydroxylation sites is 1. The minimum Gasteiger partial charge on any atom is -0.479 e. The second kappa shape index (κ2) is 9.35. The van der Waals surface area contributed by atoms with Crippen molar-refractivity contribution >= 4 is 25.0 Å². The van der Waals surface area contributed by atoms with E-state index in [1.54, 1.807) is 62.4 Å². The first-order chi connectivity index (χ1) is 13.9. The largest absolute Gasteiger partial charge is 0.479 e. The Bertz CT molecular complexity index is 917. The van der Waals surface area contributed by atoms with Crippen molar-refractivity contribution in [3.05, 3.63) is 59.7 Å². The Morgan fingerprint density at radius 3 is 2.41 bits per heavy atom. The molecule has 0 radical (unpaired) electrons. The smallest absolute Gasteiger partial charge is 0.335 e. The van der Waals surface area contributed by atoms with Crippen molar-refractivity contribution in [2.24, 2.45) is 0 Å². The summed E-state index contributed by atoms with van der Waals surface area (Å²) < 4.78 is 28.9. The molecule has 154 valence electrons. The number of amides is 1. The highest BCUT2D eigenvalue weighted by Crippen LogP contribution is 2.51. The van der Waals surface area contributed by atoms with Crippen LogP contribution in [0.5, 0.6) is 5.75 Å². The zero-order chi connectivity index (χ0) is 20.9. The van der Waals surface area contributed by atoms with E-state index in [2.05, 4.69) is 5.32 Å². The van der Waals surface area contributed by atoms with Gasteiger partial charge in [-0.1, -0.05) is 24.3 Å². The molecule has 0 spiro atoms. The molecule has 0 saturated heterocycles. The van der Waals surface area contributed by atoms with Gasteiger partial charge in [0.1, 0.15) is 5.75 Å². The van der Waals surface area contributed by atoms with Crippen LogP contribution in [0.15, 0.2) is 48.5 Å². The third kappa shape index (κ3) is 5.32. The maximum atomic E-state index is 12.6. The van der Waals surface area contributed by atoms with E-state index in [0.717, 1.165) is 5.56 Å². The zero-order valence-corrected chi connectivity index (χ0v) is 17.3. The lowest BCUT2D eigenvalue weighted by atomic mass is 10.0. The SMILES string of the molecule is CCOP(=O)(Cc1ccc(NC(=O)C2CC(=O)c3ccccc3O2)cc1)OCC. The van der Waals surface area contributed by atoms with E-state index in [-0.39, 0.29) is 18.4 Å². The molecule has 1 heterocycles. The van der Waals surface area contributed by atoms with Gasteiger partial charge >= 0.3 is 7.60 Å². The van der Waals surface area contributed by atoms with Gasteiger partial charge in [-0.2, -0.15) is 0 Å². The number of hydrogen-bond donors (Lipinski definition) is 1. The first kappa shape index (κ1) is 21.2. The van der Waals surface area contributed by atoms with Gasteiger partial charge in [-0.25, -0.2) is 0 Å². The summed E-state index contributed by atoms with van der Waals surface area (Å²) >= 11 is 0. The van der Waals surface area contributed by atoms with Crippen molar-refractivity contribution in [1.29, 1.82) is 0 Å². The normalized spacial score (nSPS) is 16.1. The molecule has 7 nitrogen and oxygen atoms in total. The van der Waals surface area contributed by atoms with Gasteiger partial charge in [-0.05, 0) is 43.7 Å². The lowest BCUT2D eigenvalue weighted by molar-refractivity contribution is -0.122. The van der Waals surface area contributed by atoms with Crippen LogP contribution in [0.25, 0.3) is 0 Å². The highest BCUT2D eigenvalue weighted by molar-refractivity contribution is 7.53. The molecule has 2 aromatic carbocycles. The fraction of sp³-hybridized carbons (Fsp3) is 0.333. The van der Waals surface area contributed by atoms with Crippen molar-refractivity contribution < 1.29 is 27.9 Å². The van der Waals surface area contributed by atoms with E-state index in [1.807, 2.05) is 0 Å². The Morgan fingerprint density at radius 2 is 1.76 bits per heavy atom. The predicted octanol–water partition coefficient (Wildman–Crippen LogP) is 4.43. The molecule has 29 heavy (non-hydrogen) atoms. The molecule has 0 aliphatic carbocycles. The van der Waals surface area contributed by atoms with Gasteiger partial charge in [-0.15, -0.1) is 0 Å². The maximum absolute atomic E-state index is 12.6. The number of ketones is 1. The molecule has 0 saturated carbocycles. The number of benzene rings is 2. The standard InChI is InChI=1S/C21H24NO6P/c1-3-26-29(25,27-4-2)14-15-9-11-16(12-10-15)22-21(24)20-13-18(23)17-7-5-6-8-19(17)28-20/h5-12,20H,3-4,13-14H2,1-2H3,(H,22,24).